The number of carboxylic acid groups (broad SMARTS) is 1. The van der Waals surface area contributed by atoms with Crippen LogP contribution in [-0.4, -0.2) is 39.1 Å². The Labute approximate surface area is 119 Å². The third-order valence-corrected chi connectivity index (χ3v) is 2.97. The van der Waals surface area contributed by atoms with E-state index in [1.807, 2.05) is 0 Å². The lowest BCUT2D eigenvalue weighted by atomic mass is 10.1. The van der Waals surface area contributed by atoms with Crippen LogP contribution in [0, 0.1) is 0 Å². The largest absolute Gasteiger partial charge is 0.480 e. The van der Waals surface area contributed by atoms with E-state index >= 15 is 0 Å². The molecule has 0 aliphatic carbocycles. The first-order valence-corrected chi connectivity index (χ1v) is 6.24. The monoisotopic (exact) mass is 290 g/mol. The molecule has 1 heterocycles. The van der Waals surface area contributed by atoms with Crippen LogP contribution in [-0.2, 0) is 9.59 Å². The molecule has 0 aliphatic heterocycles. The summed E-state index contributed by atoms with van der Waals surface area (Å²) in [6.45, 7) is 0. The van der Waals surface area contributed by atoms with Gasteiger partial charge in [0.15, 0.2) is 5.69 Å². The minimum Gasteiger partial charge on any atom is -0.480 e. The molecule has 2 amide bonds. The van der Waals surface area contributed by atoms with Crippen molar-refractivity contribution in [2.24, 2.45) is 5.73 Å². The number of aromatic amines is 1. The molecule has 1 aromatic heterocycles. The van der Waals surface area contributed by atoms with Crippen molar-refractivity contribution >= 4 is 28.7 Å². The van der Waals surface area contributed by atoms with Gasteiger partial charge in [-0.3, -0.25) is 14.7 Å². The SMILES string of the molecule is NC(=O)CCC(NC(=O)c1n[nH]c2ccccc12)C(=O)O. The molecule has 21 heavy (non-hydrogen) atoms. The van der Waals surface area contributed by atoms with Crippen LogP contribution in [0.4, 0.5) is 0 Å². The second-order valence-electron chi connectivity index (χ2n) is 4.49. The zero-order valence-electron chi connectivity index (χ0n) is 11.0. The first-order valence-electron chi connectivity index (χ1n) is 6.24. The van der Waals surface area contributed by atoms with E-state index < -0.39 is 23.8 Å². The quantitative estimate of drug-likeness (QED) is 0.593. The van der Waals surface area contributed by atoms with Gasteiger partial charge in [0.2, 0.25) is 5.91 Å². The number of amides is 2. The van der Waals surface area contributed by atoms with E-state index in [0.29, 0.717) is 10.9 Å². The van der Waals surface area contributed by atoms with E-state index in [4.69, 9.17) is 10.8 Å². The number of carboxylic acids is 1. The number of hydrogen-bond acceptors (Lipinski definition) is 4. The van der Waals surface area contributed by atoms with E-state index in [0.717, 1.165) is 0 Å². The Kier molecular flexibility index (Phi) is 4.17. The summed E-state index contributed by atoms with van der Waals surface area (Å²) in [5.74, 6) is -2.48. The van der Waals surface area contributed by atoms with Crippen LogP contribution in [0.3, 0.4) is 0 Å². The summed E-state index contributed by atoms with van der Waals surface area (Å²) < 4.78 is 0. The summed E-state index contributed by atoms with van der Waals surface area (Å²) >= 11 is 0. The summed E-state index contributed by atoms with van der Waals surface area (Å²) in [6, 6.07) is 5.79. The van der Waals surface area contributed by atoms with E-state index in [1.54, 1.807) is 24.3 Å². The van der Waals surface area contributed by atoms with Gasteiger partial charge in [0.25, 0.3) is 5.91 Å². The minimum atomic E-state index is -1.23. The molecule has 1 atom stereocenters. The number of para-hydroxylation sites is 1. The number of nitrogens with zero attached hydrogens (tertiary/aromatic N) is 1. The Bertz CT molecular complexity index is 694. The summed E-state index contributed by atoms with van der Waals surface area (Å²) in [7, 11) is 0. The summed E-state index contributed by atoms with van der Waals surface area (Å²) in [5.41, 5.74) is 5.76. The third kappa shape index (κ3) is 3.35. The van der Waals surface area contributed by atoms with Gasteiger partial charge in [-0.1, -0.05) is 18.2 Å². The maximum Gasteiger partial charge on any atom is 0.326 e. The molecule has 5 N–H and O–H groups in total. The van der Waals surface area contributed by atoms with Crippen molar-refractivity contribution in [3.63, 3.8) is 0 Å². The van der Waals surface area contributed by atoms with Gasteiger partial charge in [0.05, 0.1) is 5.52 Å². The van der Waals surface area contributed by atoms with Crippen molar-refractivity contribution in [3.05, 3.63) is 30.0 Å². The van der Waals surface area contributed by atoms with Crippen molar-refractivity contribution in [2.75, 3.05) is 0 Å². The molecule has 1 unspecified atom stereocenters. The number of rotatable bonds is 6. The Balaban J connectivity index is 2.15. The van der Waals surface area contributed by atoms with Gasteiger partial charge in [-0.2, -0.15) is 5.10 Å². The van der Waals surface area contributed by atoms with Crippen molar-refractivity contribution < 1.29 is 19.5 Å². The van der Waals surface area contributed by atoms with Crippen molar-refractivity contribution in [3.8, 4) is 0 Å². The van der Waals surface area contributed by atoms with Crippen LogP contribution in [0.2, 0.25) is 0 Å². The predicted octanol–water partition coefficient (Wildman–Crippen LogP) is 0.0114. The summed E-state index contributed by atoms with van der Waals surface area (Å²) in [6.07, 6.45) is -0.197. The van der Waals surface area contributed by atoms with Crippen LogP contribution in [0.5, 0.6) is 0 Å². The number of carbonyl (C=O) groups is 3. The second-order valence-corrected chi connectivity index (χ2v) is 4.49. The fourth-order valence-electron chi connectivity index (χ4n) is 1.91. The van der Waals surface area contributed by atoms with Crippen LogP contribution in [0.15, 0.2) is 24.3 Å². The first kappa shape index (κ1) is 14.5. The molecule has 0 spiro atoms. The average Bonchev–Trinajstić information content (AvgIpc) is 2.86. The Morgan fingerprint density at radius 2 is 2.05 bits per heavy atom. The van der Waals surface area contributed by atoms with Crippen molar-refractivity contribution in [2.45, 2.75) is 18.9 Å². The number of nitrogens with two attached hydrogens (primary N) is 1. The zero-order valence-corrected chi connectivity index (χ0v) is 11.0. The lowest BCUT2D eigenvalue weighted by Crippen LogP contribution is -2.41. The molecule has 0 bridgehead atoms. The number of fused-ring (bicyclic) bond motifs is 1. The molecule has 1 aromatic carbocycles. The van der Waals surface area contributed by atoms with E-state index in [1.165, 1.54) is 0 Å². The highest BCUT2D eigenvalue weighted by Gasteiger charge is 2.23. The number of carbonyl (C=O) groups excluding carboxylic acids is 2. The van der Waals surface area contributed by atoms with Gasteiger partial charge < -0.3 is 16.2 Å². The molecule has 8 heteroatoms. The Hall–Kier alpha value is -2.90. The minimum absolute atomic E-state index is 0.0707. The summed E-state index contributed by atoms with van der Waals surface area (Å²) in [5, 5.41) is 18.6. The summed E-state index contributed by atoms with van der Waals surface area (Å²) in [4.78, 5) is 33.9. The molecular weight excluding hydrogens is 276 g/mol. The van der Waals surface area contributed by atoms with Crippen LogP contribution in [0.1, 0.15) is 23.3 Å². The molecule has 0 fully saturated rings. The number of aliphatic carboxylic acids is 1. The maximum atomic E-state index is 12.1. The average molecular weight is 290 g/mol. The third-order valence-electron chi connectivity index (χ3n) is 2.97. The number of benzene rings is 1. The molecule has 0 radical (unpaired) electrons. The predicted molar refractivity (Wildman–Crippen MR) is 73.4 cm³/mol. The fraction of sp³-hybridized carbons (Fsp3) is 0.231. The van der Waals surface area contributed by atoms with E-state index in [-0.39, 0.29) is 18.5 Å². The highest BCUT2D eigenvalue weighted by Crippen LogP contribution is 2.15. The van der Waals surface area contributed by atoms with Crippen LogP contribution in [0.25, 0.3) is 10.9 Å². The van der Waals surface area contributed by atoms with Crippen molar-refractivity contribution in [1.82, 2.24) is 15.5 Å². The number of H-pyrrole nitrogens is 1. The fourth-order valence-corrected chi connectivity index (χ4v) is 1.91. The lowest BCUT2D eigenvalue weighted by Gasteiger charge is -2.12. The van der Waals surface area contributed by atoms with Gasteiger partial charge >= 0.3 is 5.97 Å². The van der Waals surface area contributed by atoms with Gasteiger partial charge in [0, 0.05) is 11.8 Å². The van der Waals surface area contributed by atoms with Gasteiger partial charge in [-0.25, -0.2) is 4.79 Å². The van der Waals surface area contributed by atoms with Crippen LogP contribution < -0.4 is 11.1 Å². The normalized spacial score (nSPS) is 12.0. The molecule has 2 rings (SSSR count). The number of nitrogens with one attached hydrogen (secondary N) is 2. The molecule has 0 aliphatic rings. The molecule has 110 valence electrons. The van der Waals surface area contributed by atoms with Crippen LogP contribution >= 0.6 is 0 Å². The smallest absolute Gasteiger partial charge is 0.326 e. The highest BCUT2D eigenvalue weighted by molar-refractivity contribution is 6.05. The maximum absolute atomic E-state index is 12.1. The molecular formula is C13H14N4O4. The highest BCUT2D eigenvalue weighted by atomic mass is 16.4. The first-order chi connectivity index (χ1) is 9.99. The van der Waals surface area contributed by atoms with E-state index in [2.05, 4.69) is 15.5 Å². The van der Waals surface area contributed by atoms with E-state index in [9.17, 15) is 14.4 Å². The van der Waals surface area contributed by atoms with Gasteiger partial charge in [-0.15, -0.1) is 0 Å². The zero-order chi connectivity index (χ0) is 15.4. The van der Waals surface area contributed by atoms with Crippen molar-refractivity contribution in [1.29, 1.82) is 0 Å². The van der Waals surface area contributed by atoms with Gasteiger partial charge in [-0.05, 0) is 12.5 Å². The molecule has 0 saturated heterocycles. The second kappa shape index (κ2) is 6.04. The topological polar surface area (TPSA) is 138 Å². The Morgan fingerprint density at radius 3 is 2.71 bits per heavy atom. The number of hydrogen-bond donors (Lipinski definition) is 4. The Morgan fingerprint density at radius 1 is 1.33 bits per heavy atom. The molecule has 2 aromatic rings. The molecule has 0 saturated carbocycles. The number of primary amides is 1. The van der Waals surface area contributed by atoms with Gasteiger partial charge in [0.1, 0.15) is 6.04 Å². The standard InChI is InChI=1S/C13H14N4O4/c14-10(18)6-5-9(13(20)21)15-12(19)11-7-3-1-2-4-8(7)16-17-11/h1-4,9H,5-6H2,(H2,14,18)(H,15,19)(H,16,17)(H,20,21). The lowest BCUT2D eigenvalue weighted by molar-refractivity contribution is -0.139. The number of aromatic nitrogens is 2. The molecule has 8 nitrogen and oxygen atoms in total.